The molecule has 0 bridgehead atoms. The van der Waals surface area contributed by atoms with Crippen LogP contribution in [0.2, 0.25) is 0 Å². The van der Waals surface area contributed by atoms with Crippen LogP contribution in [-0.2, 0) is 0 Å². The van der Waals surface area contributed by atoms with E-state index in [1.165, 1.54) is 12.1 Å². The van der Waals surface area contributed by atoms with Gasteiger partial charge in [0.1, 0.15) is 11.6 Å². The molecule has 0 aliphatic carbocycles. The van der Waals surface area contributed by atoms with E-state index >= 15 is 0 Å². The van der Waals surface area contributed by atoms with Crippen molar-refractivity contribution in [2.24, 2.45) is 0 Å². The van der Waals surface area contributed by atoms with E-state index in [0.717, 1.165) is 23.3 Å². The summed E-state index contributed by atoms with van der Waals surface area (Å²) in [6.45, 7) is 2.59. The average Bonchev–Trinajstić information content (AvgIpc) is 3.03. The number of rotatable bonds is 4. The van der Waals surface area contributed by atoms with E-state index in [1.54, 1.807) is 16.8 Å². The summed E-state index contributed by atoms with van der Waals surface area (Å²) in [5.74, 6) is 1.41. The van der Waals surface area contributed by atoms with E-state index in [1.807, 2.05) is 31.2 Å². The summed E-state index contributed by atoms with van der Waals surface area (Å²) in [5.41, 5.74) is 7.89. The molecule has 6 nitrogen and oxygen atoms in total. The minimum absolute atomic E-state index is 0.0387. The fourth-order valence-corrected chi connectivity index (χ4v) is 3.34. The Kier molecular flexibility index (Phi) is 4.20. The van der Waals surface area contributed by atoms with Crippen molar-refractivity contribution in [1.82, 2.24) is 14.8 Å². The lowest BCUT2D eigenvalue weighted by atomic mass is 9.93. The smallest absolute Gasteiger partial charge is 0.241 e. The first-order valence-corrected chi connectivity index (χ1v) is 8.61. The molecule has 0 fully saturated rings. The third-order valence-corrected chi connectivity index (χ3v) is 4.55. The van der Waals surface area contributed by atoms with Crippen LogP contribution in [0.1, 0.15) is 36.6 Å². The molecule has 0 saturated carbocycles. The van der Waals surface area contributed by atoms with Gasteiger partial charge in [-0.05, 0) is 48.7 Å². The molecule has 2 heterocycles. The molecule has 2 atom stereocenters. The fraction of sp³-hybridized carbons (Fsp3) is 0.263. The minimum Gasteiger partial charge on any atom is -0.494 e. The average molecular weight is 353 g/mol. The molecule has 2 aromatic carbocycles. The van der Waals surface area contributed by atoms with Gasteiger partial charge < -0.3 is 15.8 Å². The molecule has 26 heavy (non-hydrogen) atoms. The largest absolute Gasteiger partial charge is 0.494 e. The van der Waals surface area contributed by atoms with Gasteiger partial charge in [-0.3, -0.25) is 0 Å². The summed E-state index contributed by atoms with van der Waals surface area (Å²) in [5, 5.41) is 7.70. The number of fused-ring (bicyclic) bond motifs is 1. The van der Waals surface area contributed by atoms with Crippen molar-refractivity contribution in [3.63, 3.8) is 0 Å². The number of anilines is 2. The second-order valence-corrected chi connectivity index (χ2v) is 6.24. The lowest BCUT2D eigenvalue weighted by molar-refractivity contribution is 0.340. The number of hydrogen-bond donors (Lipinski definition) is 2. The molecule has 3 N–H and O–H groups in total. The number of nitrogens with two attached hydrogens (primary N) is 1. The van der Waals surface area contributed by atoms with Gasteiger partial charge in [0, 0.05) is 0 Å². The van der Waals surface area contributed by atoms with E-state index < -0.39 is 0 Å². The second-order valence-electron chi connectivity index (χ2n) is 6.24. The first-order valence-electron chi connectivity index (χ1n) is 8.61. The first-order chi connectivity index (χ1) is 12.6. The molecule has 4 rings (SSSR count). The van der Waals surface area contributed by atoms with Gasteiger partial charge in [-0.1, -0.05) is 24.3 Å². The number of hydrogen-bond acceptors (Lipinski definition) is 5. The van der Waals surface area contributed by atoms with E-state index in [-0.39, 0.29) is 23.8 Å². The lowest BCUT2D eigenvalue weighted by Crippen LogP contribution is -2.28. The quantitative estimate of drug-likeness (QED) is 0.750. The number of nitrogen functional groups attached to an aromatic ring is 1. The first kappa shape index (κ1) is 16.4. The summed E-state index contributed by atoms with van der Waals surface area (Å²) in [4.78, 5) is 4.29. The number of halogens is 1. The van der Waals surface area contributed by atoms with Gasteiger partial charge in [-0.15, -0.1) is 5.10 Å². The van der Waals surface area contributed by atoms with Gasteiger partial charge in [-0.2, -0.15) is 4.98 Å². The molecule has 0 spiro atoms. The lowest BCUT2D eigenvalue weighted by Gasteiger charge is -2.31. The van der Waals surface area contributed by atoms with E-state index in [4.69, 9.17) is 10.5 Å². The zero-order chi connectivity index (χ0) is 18.1. The molecule has 0 radical (unpaired) electrons. The van der Waals surface area contributed by atoms with Gasteiger partial charge >= 0.3 is 0 Å². The fourth-order valence-electron chi connectivity index (χ4n) is 3.34. The third kappa shape index (κ3) is 3.08. The Hall–Kier alpha value is -3.09. The highest BCUT2D eigenvalue weighted by atomic mass is 19.1. The second kappa shape index (κ2) is 6.67. The molecule has 0 saturated heterocycles. The highest BCUT2D eigenvalue weighted by Gasteiger charge is 2.30. The van der Waals surface area contributed by atoms with E-state index in [0.29, 0.717) is 12.6 Å². The Morgan fingerprint density at radius 3 is 2.54 bits per heavy atom. The van der Waals surface area contributed by atoms with Crippen molar-refractivity contribution in [3.8, 4) is 5.75 Å². The van der Waals surface area contributed by atoms with Crippen LogP contribution < -0.4 is 15.8 Å². The third-order valence-electron chi connectivity index (χ3n) is 4.55. The summed E-state index contributed by atoms with van der Waals surface area (Å²) in [7, 11) is 0. The molecule has 0 unspecified atom stereocenters. The number of aromatic nitrogens is 3. The van der Waals surface area contributed by atoms with Crippen LogP contribution in [0.4, 0.5) is 16.3 Å². The van der Waals surface area contributed by atoms with Crippen molar-refractivity contribution in [2.75, 3.05) is 17.7 Å². The van der Waals surface area contributed by atoms with Gasteiger partial charge in [-0.25, -0.2) is 9.07 Å². The number of ether oxygens (including phenoxy) is 1. The molecule has 7 heteroatoms. The number of nitrogens with one attached hydrogen (secondary N) is 1. The Labute approximate surface area is 150 Å². The molecule has 1 aliphatic rings. The van der Waals surface area contributed by atoms with E-state index in [2.05, 4.69) is 15.4 Å². The predicted octanol–water partition coefficient (Wildman–Crippen LogP) is 3.54. The SMILES string of the molecule is CCOc1ccc([C@H]2C[C@H](c3ccc(F)cc3)n3nc(N)nc3N2)cc1. The van der Waals surface area contributed by atoms with Crippen LogP contribution in [0.3, 0.4) is 0 Å². The molecular weight excluding hydrogens is 333 g/mol. The Bertz CT molecular complexity index is 891. The topological polar surface area (TPSA) is 78.0 Å². The monoisotopic (exact) mass is 353 g/mol. The maximum absolute atomic E-state index is 13.3. The Morgan fingerprint density at radius 1 is 1.15 bits per heavy atom. The van der Waals surface area contributed by atoms with Crippen molar-refractivity contribution in [1.29, 1.82) is 0 Å². The van der Waals surface area contributed by atoms with Crippen LogP contribution >= 0.6 is 0 Å². The summed E-state index contributed by atoms with van der Waals surface area (Å²) in [6.07, 6.45) is 0.745. The zero-order valence-corrected chi connectivity index (χ0v) is 14.4. The zero-order valence-electron chi connectivity index (χ0n) is 14.4. The van der Waals surface area contributed by atoms with Crippen molar-refractivity contribution < 1.29 is 9.13 Å². The van der Waals surface area contributed by atoms with Gasteiger partial charge in [0.2, 0.25) is 11.9 Å². The van der Waals surface area contributed by atoms with Crippen LogP contribution in [0, 0.1) is 5.82 Å². The standard InChI is InChI=1S/C19H20FN5O/c1-2-26-15-9-5-12(6-10-15)16-11-17(13-3-7-14(20)8-4-13)25-19(22-16)23-18(21)24-25/h3-10,16-17H,2,11H2,1H3,(H3,21,22,23,24)/t16-,17-/m1/s1. The normalized spacial score (nSPS) is 18.8. The molecule has 1 aromatic heterocycles. The van der Waals surface area contributed by atoms with Crippen LogP contribution in [0.5, 0.6) is 5.75 Å². The van der Waals surface area contributed by atoms with Gasteiger partial charge in [0.25, 0.3) is 0 Å². The van der Waals surface area contributed by atoms with Gasteiger partial charge in [0.05, 0.1) is 18.7 Å². The van der Waals surface area contributed by atoms with Gasteiger partial charge in [0.15, 0.2) is 0 Å². The highest BCUT2D eigenvalue weighted by Crippen LogP contribution is 2.38. The Balaban J connectivity index is 1.67. The number of benzene rings is 2. The molecule has 3 aromatic rings. The maximum atomic E-state index is 13.3. The van der Waals surface area contributed by atoms with E-state index in [9.17, 15) is 4.39 Å². The minimum atomic E-state index is -0.260. The van der Waals surface area contributed by atoms with Crippen molar-refractivity contribution in [2.45, 2.75) is 25.4 Å². The van der Waals surface area contributed by atoms with Crippen molar-refractivity contribution >= 4 is 11.9 Å². The predicted molar refractivity (Wildman–Crippen MR) is 97.6 cm³/mol. The Morgan fingerprint density at radius 2 is 1.85 bits per heavy atom. The molecule has 134 valence electrons. The van der Waals surface area contributed by atoms with Crippen molar-refractivity contribution in [3.05, 3.63) is 65.5 Å². The van der Waals surface area contributed by atoms with Crippen LogP contribution in [0.15, 0.2) is 48.5 Å². The summed E-state index contributed by atoms with van der Waals surface area (Å²) < 4.78 is 20.6. The summed E-state index contributed by atoms with van der Waals surface area (Å²) >= 11 is 0. The number of nitrogens with zero attached hydrogens (tertiary/aromatic N) is 3. The highest BCUT2D eigenvalue weighted by molar-refractivity contribution is 5.42. The maximum Gasteiger partial charge on any atom is 0.241 e. The van der Waals surface area contributed by atoms with Crippen LogP contribution in [0.25, 0.3) is 0 Å². The van der Waals surface area contributed by atoms with Crippen LogP contribution in [-0.4, -0.2) is 21.4 Å². The molecule has 1 aliphatic heterocycles. The summed E-state index contributed by atoms with van der Waals surface area (Å²) in [6, 6.07) is 14.4. The molecule has 0 amide bonds. The molecular formula is C19H20FN5O.